The molecule has 1 aromatic heterocycles. The van der Waals surface area contributed by atoms with Gasteiger partial charge in [-0.3, -0.25) is 4.79 Å². The van der Waals surface area contributed by atoms with E-state index in [0.717, 1.165) is 21.6 Å². The molecule has 1 aromatic carbocycles. The minimum absolute atomic E-state index is 0.144. The standard InChI is InChI=1S/C10H8BrN3OS/c11-8-3-1-2-7(4-8)5-12-10(15)9-6-13-14-16-9/h1-4,6H,5H2,(H,12,15). The maximum absolute atomic E-state index is 11.6. The molecule has 0 saturated carbocycles. The summed E-state index contributed by atoms with van der Waals surface area (Å²) in [6, 6.07) is 7.79. The van der Waals surface area contributed by atoms with Gasteiger partial charge in [0.2, 0.25) is 0 Å². The summed E-state index contributed by atoms with van der Waals surface area (Å²) in [4.78, 5) is 12.1. The lowest BCUT2D eigenvalue weighted by atomic mass is 10.2. The van der Waals surface area contributed by atoms with Gasteiger partial charge in [-0.2, -0.15) is 0 Å². The van der Waals surface area contributed by atoms with E-state index in [9.17, 15) is 4.79 Å². The number of nitrogens with one attached hydrogen (secondary N) is 1. The van der Waals surface area contributed by atoms with Crippen LogP contribution in [-0.4, -0.2) is 15.5 Å². The highest BCUT2D eigenvalue weighted by Crippen LogP contribution is 2.11. The average Bonchev–Trinajstić information content (AvgIpc) is 2.79. The number of hydrogen-bond acceptors (Lipinski definition) is 4. The highest BCUT2D eigenvalue weighted by Gasteiger charge is 2.07. The zero-order valence-corrected chi connectivity index (χ0v) is 10.6. The summed E-state index contributed by atoms with van der Waals surface area (Å²) in [5.74, 6) is -0.144. The van der Waals surface area contributed by atoms with Gasteiger partial charge in [0.15, 0.2) is 0 Å². The van der Waals surface area contributed by atoms with Gasteiger partial charge in [0.1, 0.15) is 4.88 Å². The summed E-state index contributed by atoms with van der Waals surface area (Å²) in [6.07, 6.45) is 1.46. The molecular formula is C10H8BrN3OS. The monoisotopic (exact) mass is 297 g/mol. The SMILES string of the molecule is O=C(NCc1cccc(Br)c1)c1cnns1. The van der Waals surface area contributed by atoms with Crippen LogP contribution in [0.4, 0.5) is 0 Å². The van der Waals surface area contributed by atoms with E-state index in [1.54, 1.807) is 0 Å². The Hall–Kier alpha value is -1.27. The van der Waals surface area contributed by atoms with Crippen LogP contribution in [-0.2, 0) is 6.54 Å². The number of carbonyl (C=O) groups is 1. The Kier molecular flexibility index (Phi) is 3.63. The molecule has 0 aliphatic rings. The van der Waals surface area contributed by atoms with Crippen molar-refractivity contribution in [3.05, 3.63) is 45.4 Å². The normalized spacial score (nSPS) is 10.1. The van der Waals surface area contributed by atoms with E-state index < -0.39 is 0 Å². The van der Waals surface area contributed by atoms with Gasteiger partial charge in [0, 0.05) is 11.0 Å². The second-order valence-corrected chi connectivity index (χ2v) is 4.80. The molecule has 0 saturated heterocycles. The van der Waals surface area contributed by atoms with Crippen LogP contribution in [0.15, 0.2) is 34.9 Å². The van der Waals surface area contributed by atoms with E-state index in [-0.39, 0.29) is 5.91 Å². The lowest BCUT2D eigenvalue weighted by Crippen LogP contribution is -2.21. The zero-order valence-electron chi connectivity index (χ0n) is 8.18. The van der Waals surface area contributed by atoms with Gasteiger partial charge in [-0.25, -0.2) is 0 Å². The molecule has 0 fully saturated rings. The molecule has 6 heteroatoms. The van der Waals surface area contributed by atoms with Crippen molar-refractivity contribution < 1.29 is 4.79 Å². The highest BCUT2D eigenvalue weighted by atomic mass is 79.9. The number of benzene rings is 1. The molecule has 0 radical (unpaired) electrons. The average molecular weight is 298 g/mol. The molecule has 0 aliphatic carbocycles. The molecule has 16 heavy (non-hydrogen) atoms. The van der Waals surface area contributed by atoms with Crippen LogP contribution >= 0.6 is 27.5 Å². The van der Waals surface area contributed by atoms with Crippen LogP contribution in [0, 0.1) is 0 Å². The van der Waals surface area contributed by atoms with Crippen LogP contribution < -0.4 is 5.32 Å². The molecule has 82 valence electrons. The van der Waals surface area contributed by atoms with E-state index in [1.165, 1.54) is 6.20 Å². The molecule has 0 atom stereocenters. The summed E-state index contributed by atoms with van der Waals surface area (Å²) in [6.45, 7) is 0.496. The van der Waals surface area contributed by atoms with Crippen molar-refractivity contribution in [2.45, 2.75) is 6.54 Å². The molecular weight excluding hydrogens is 290 g/mol. The number of nitrogens with zero attached hydrogens (tertiary/aromatic N) is 2. The van der Waals surface area contributed by atoms with E-state index in [2.05, 4.69) is 30.8 Å². The summed E-state index contributed by atoms with van der Waals surface area (Å²) in [7, 11) is 0. The lowest BCUT2D eigenvalue weighted by Gasteiger charge is -2.03. The van der Waals surface area contributed by atoms with Crippen molar-refractivity contribution in [3.8, 4) is 0 Å². The predicted molar refractivity (Wildman–Crippen MR) is 65.2 cm³/mol. The van der Waals surface area contributed by atoms with Crippen molar-refractivity contribution in [1.29, 1.82) is 0 Å². The molecule has 1 N–H and O–H groups in total. The van der Waals surface area contributed by atoms with Crippen molar-refractivity contribution in [2.75, 3.05) is 0 Å². The van der Waals surface area contributed by atoms with Gasteiger partial charge in [-0.15, -0.1) is 5.10 Å². The van der Waals surface area contributed by atoms with Crippen molar-refractivity contribution in [2.24, 2.45) is 0 Å². The number of carbonyl (C=O) groups excluding carboxylic acids is 1. The first kappa shape index (κ1) is 11.2. The maximum atomic E-state index is 11.6. The van der Waals surface area contributed by atoms with E-state index in [1.807, 2.05) is 24.3 Å². The third-order valence-corrected chi connectivity index (χ3v) is 3.08. The zero-order chi connectivity index (χ0) is 11.4. The minimum atomic E-state index is -0.144. The third kappa shape index (κ3) is 2.86. The quantitative estimate of drug-likeness (QED) is 0.945. The first-order valence-corrected chi connectivity index (χ1v) is 6.12. The number of aromatic nitrogens is 2. The van der Waals surface area contributed by atoms with Gasteiger partial charge in [0.25, 0.3) is 5.91 Å². The van der Waals surface area contributed by atoms with Crippen LogP contribution in [0.25, 0.3) is 0 Å². The Balaban J connectivity index is 1.95. The summed E-state index contributed by atoms with van der Waals surface area (Å²) in [5, 5.41) is 6.41. The van der Waals surface area contributed by atoms with Gasteiger partial charge in [-0.05, 0) is 29.2 Å². The number of hydrogen-bond donors (Lipinski definition) is 1. The molecule has 0 aliphatic heterocycles. The highest BCUT2D eigenvalue weighted by molar-refractivity contribution is 9.10. The third-order valence-electron chi connectivity index (χ3n) is 1.93. The Labute approximate surface area is 105 Å². The molecule has 4 nitrogen and oxygen atoms in total. The minimum Gasteiger partial charge on any atom is -0.347 e. The number of halogens is 1. The van der Waals surface area contributed by atoms with Crippen molar-refractivity contribution in [3.63, 3.8) is 0 Å². The fraction of sp³-hybridized carbons (Fsp3) is 0.100. The van der Waals surface area contributed by atoms with Crippen LogP contribution in [0.5, 0.6) is 0 Å². The fourth-order valence-electron chi connectivity index (χ4n) is 1.18. The Bertz CT molecular complexity index is 487. The molecule has 1 amide bonds. The van der Waals surface area contributed by atoms with Crippen LogP contribution in [0.3, 0.4) is 0 Å². The largest absolute Gasteiger partial charge is 0.347 e. The smallest absolute Gasteiger partial charge is 0.264 e. The number of amides is 1. The summed E-state index contributed by atoms with van der Waals surface area (Å²) >= 11 is 4.46. The molecule has 0 unspecified atom stereocenters. The maximum Gasteiger partial charge on any atom is 0.264 e. The van der Waals surface area contributed by atoms with Crippen LogP contribution in [0.2, 0.25) is 0 Å². The van der Waals surface area contributed by atoms with Crippen molar-refractivity contribution >= 4 is 33.4 Å². The molecule has 0 spiro atoms. The van der Waals surface area contributed by atoms with E-state index in [0.29, 0.717) is 11.4 Å². The Morgan fingerprint density at radius 2 is 2.38 bits per heavy atom. The topological polar surface area (TPSA) is 54.9 Å². The van der Waals surface area contributed by atoms with Gasteiger partial charge >= 0.3 is 0 Å². The lowest BCUT2D eigenvalue weighted by molar-refractivity contribution is 0.0955. The first-order valence-electron chi connectivity index (χ1n) is 4.56. The Morgan fingerprint density at radius 1 is 1.50 bits per heavy atom. The number of rotatable bonds is 3. The summed E-state index contributed by atoms with van der Waals surface area (Å²) in [5.41, 5.74) is 1.04. The van der Waals surface area contributed by atoms with Gasteiger partial charge in [0.05, 0.1) is 6.20 Å². The van der Waals surface area contributed by atoms with E-state index in [4.69, 9.17) is 0 Å². The van der Waals surface area contributed by atoms with Gasteiger partial charge < -0.3 is 5.32 Å². The van der Waals surface area contributed by atoms with Crippen LogP contribution in [0.1, 0.15) is 15.2 Å². The molecule has 2 aromatic rings. The second kappa shape index (κ2) is 5.18. The first-order chi connectivity index (χ1) is 7.75. The predicted octanol–water partition coefficient (Wildman–Crippen LogP) is 2.23. The molecule has 1 heterocycles. The van der Waals surface area contributed by atoms with Gasteiger partial charge in [-0.1, -0.05) is 32.6 Å². The van der Waals surface area contributed by atoms with E-state index >= 15 is 0 Å². The second-order valence-electron chi connectivity index (χ2n) is 3.09. The fourth-order valence-corrected chi connectivity index (χ4v) is 2.06. The summed E-state index contributed by atoms with van der Waals surface area (Å²) < 4.78 is 4.63. The molecule has 2 rings (SSSR count). The molecule has 0 bridgehead atoms. The van der Waals surface area contributed by atoms with Crippen molar-refractivity contribution in [1.82, 2.24) is 14.9 Å². The Morgan fingerprint density at radius 3 is 3.06 bits per heavy atom.